The quantitative estimate of drug-likeness (QED) is 0.644. The molecule has 0 aliphatic carbocycles. The number of nitrogens with zero attached hydrogens (tertiary/aromatic N) is 2. The predicted molar refractivity (Wildman–Crippen MR) is 121 cm³/mol. The van der Waals surface area contributed by atoms with Crippen molar-refractivity contribution in [2.24, 2.45) is 0 Å². The van der Waals surface area contributed by atoms with Crippen LogP contribution >= 0.6 is 0 Å². The average molecular weight is 436 g/mol. The summed E-state index contributed by atoms with van der Waals surface area (Å²) in [5.41, 5.74) is 2.26. The first-order valence-corrected chi connectivity index (χ1v) is 11.7. The first kappa shape index (κ1) is 21.1. The van der Waals surface area contributed by atoms with Gasteiger partial charge in [-0.1, -0.05) is 48.5 Å². The summed E-state index contributed by atoms with van der Waals surface area (Å²) in [7, 11) is -3.70. The van der Waals surface area contributed by atoms with Gasteiger partial charge in [-0.15, -0.1) is 0 Å². The monoisotopic (exact) mass is 435 g/mol. The summed E-state index contributed by atoms with van der Waals surface area (Å²) in [6, 6.07) is 25.1. The Balaban J connectivity index is 1.35. The molecule has 1 N–H and O–H groups in total. The highest BCUT2D eigenvalue weighted by atomic mass is 32.2. The van der Waals surface area contributed by atoms with Gasteiger partial charge in [0, 0.05) is 44.0 Å². The van der Waals surface area contributed by atoms with Gasteiger partial charge < -0.3 is 4.90 Å². The molecule has 6 nitrogen and oxygen atoms in total. The van der Waals surface area contributed by atoms with Crippen LogP contribution < -0.4 is 4.72 Å². The van der Waals surface area contributed by atoms with Crippen LogP contribution in [0.5, 0.6) is 0 Å². The number of hydrogen-bond acceptors (Lipinski definition) is 4. The average Bonchev–Trinajstić information content (AvgIpc) is 2.80. The number of benzene rings is 3. The molecular formula is C24H25N3O3S. The van der Waals surface area contributed by atoms with Crippen LogP contribution in [-0.4, -0.2) is 50.3 Å². The molecule has 1 aliphatic heterocycles. The summed E-state index contributed by atoms with van der Waals surface area (Å²) >= 11 is 0. The van der Waals surface area contributed by atoms with Crippen molar-refractivity contribution in [3.05, 3.63) is 96.1 Å². The first-order chi connectivity index (χ1) is 15.0. The molecule has 0 spiro atoms. The van der Waals surface area contributed by atoms with Gasteiger partial charge >= 0.3 is 0 Å². The van der Waals surface area contributed by atoms with Crippen LogP contribution in [0.3, 0.4) is 0 Å². The molecule has 1 saturated heterocycles. The SMILES string of the molecule is O=C(c1ccc(S(=O)(=O)Nc2ccccc2)cc1)N1CCN(Cc2ccccc2)CC1. The maximum absolute atomic E-state index is 12.9. The zero-order valence-electron chi connectivity index (χ0n) is 17.1. The number of carbonyl (C=O) groups is 1. The third-order valence-corrected chi connectivity index (χ3v) is 6.74. The van der Waals surface area contributed by atoms with E-state index in [4.69, 9.17) is 0 Å². The second kappa shape index (κ2) is 9.32. The lowest BCUT2D eigenvalue weighted by Gasteiger charge is -2.34. The summed E-state index contributed by atoms with van der Waals surface area (Å²) < 4.78 is 27.7. The molecule has 1 amide bonds. The second-order valence-electron chi connectivity index (χ2n) is 7.55. The van der Waals surface area contributed by atoms with E-state index in [1.165, 1.54) is 17.7 Å². The fourth-order valence-corrected chi connectivity index (χ4v) is 4.69. The molecule has 160 valence electrons. The Morgan fingerprint density at radius 2 is 1.35 bits per heavy atom. The molecule has 1 heterocycles. The van der Waals surface area contributed by atoms with E-state index in [0.29, 0.717) is 24.3 Å². The normalized spacial score (nSPS) is 14.9. The predicted octanol–water partition coefficient (Wildman–Crippen LogP) is 3.45. The van der Waals surface area contributed by atoms with E-state index in [1.54, 1.807) is 36.4 Å². The van der Waals surface area contributed by atoms with Gasteiger partial charge in [-0.3, -0.25) is 14.4 Å². The number of amides is 1. The molecule has 3 aromatic rings. The van der Waals surface area contributed by atoms with Gasteiger partial charge in [-0.05, 0) is 42.0 Å². The van der Waals surface area contributed by atoms with E-state index in [9.17, 15) is 13.2 Å². The first-order valence-electron chi connectivity index (χ1n) is 10.2. The van der Waals surface area contributed by atoms with Gasteiger partial charge in [-0.2, -0.15) is 0 Å². The summed E-state index contributed by atoms with van der Waals surface area (Å²) in [5, 5.41) is 0. The van der Waals surface area contributed by atoms with E-state index in [-0.39, 0.29) is 10.8 Å². The standard InChI is InChI=1S/C24H25N3O3S/c28-24(27-17-15-26(16-18-27)19-20-7-3-1-4-8-20)21-11-13-23(14-12-21)31(29,30)25-22-9-5-2-6-10-22/h1-14,25H,15-19H2. The van der Waals surface area contributed by atoms with Crippen molar-refractivity contribution < 1.29 is 13.2 Å². The molecule has 0 unspecified atom stereocenters. The number of anilines is 1. The lowest BCUT2D eigenvalue weighted by Crippen LogP contribution is -2.48. The van der Waals surface area contributed by atoms with E-state index < -0.39 is 10.0 Å². The van der Waals surface area contributed by atoms with Crippen molar-refractivity contribution in [3.8, 4) is 0 Å². The van der Waals surface area contributed by atoms with Crippen LogP contribution in [0.1, 0.15) is 15.9 Å². The van der Waals surface area contributed by atoms with Gasteiger partial charge in [0.1, 0.15) is 0 Å². The largest absolute Gasteiger partial charge is 0.336 e. The Kier molecular flexibility index (Phi) is 6.34. The molecular weight excluding hydrogens is 410 g/mol. The third-order valence-electron chi connectivity index (χ3n) is 5.35. The van der Waals surface area contributed by atoms with Crippen LogP contribution in [0.25, 0.3) is 0 Å². The zero-order valence-corrected chi connectivity index (χ0v) is 18.0. The Morgan fingerprint density at radius 1 is 0.774 bits per heavy atom. The molecule has 3 aromatic carbocycles. The van der Waals surface area contributed by atoms with Crippen molar-refractivity contribution >= 4 is 21.6 Å². The van der Waals surface area contributed by atoms with Gasteiger partial charge in [0.2, 0.25) is 0 Å². The number of para-hydroxylation sites is 1. The molecule has 1 fully saturated rings. The number of piperazine rings is 1. The summed E-state index contributed by atoms with van der Waals surface area (Å²) in [6.07, 6.45) is 0. The van der Waals surface area contributed by atoms with Gasteiger partial charge in [0.05, 0.1) is 4.90 Å². The number of nitrogens with one attached hydrogen (secondary N) is 1. The molecule has 0 aromatic heterocycles. The van der Waals surface area contributed by atoms with Gasteiger partial charge in [0.25, 0.3) is 15.9 Å². The Bertz CT molecular complexity index is 1110. The lowest BCUT2D eigenvalue weighted by atomic mass is 10.1. The zero-order chi connectivity index (χ0) is 21.7. The van der Waals surface area contributed by atoms with Crippen molar-refractivity contribution in [2.45, 2.75) is 11.4 Å². The second-order valence-corrected chi connectivity index (χ2v) is 9.23. The Labute approximate surface area is 183 Å². The fourth-order valence-electron chi connectivity index (χ4n) is 3.63. The van der Waals surface area contributed by atoms with Crippen molar-refractivity contribution in [3.63, 3.8) is 0 Å². The van der Waals surface area contributed by atoms with Crippen LogP contribution in [-0.2, 0) is 16.6 Å². The Hall–Kier alpha value is -3.16. The molecule has 1 aliphatic rings. The lowest BCUT2D eigenvalue weighted by molar-refractivity contribution is 0.0628. The molecule has 0 bridgehead atoms. The third kappa shape index (κ3) is 5.31. The maximum Gasteiger partial charge on any atom is 0.261 e. The number of hydrogen-bond donors (Lipinski definition) is 1. The minimum Gasteiger partial charge on any atom is -0.336 e. The van der Waals surface area contributed by atoms with E-state index in [0.717, 1.165) is 19.6 Å². The van der Waals surface area contributed by atoms with Gasteiger partial charge in [-0.25, -0.2) is 8.42 Å². The summed E-state index contributed by atoms with van der Waals surface area (Å²) in [4.78, 5) is 17.1. The van der Waals surface area contributed by atoms with Crippen molar-refractivity contribution in [1.29, 1.82) is 0 Å². The Morgan fingerprint density at radius 3 is 1.97 bits per heavy atom. The number of carbonyl (C=O) groups excluding carboxylic acids is 1. The van der Waals surface area contributed by atoms with Crippen LogP contribution in [0.15, 0.2) is 89.8 Å². The highest BCUT2D eigenvalue weighted by Gasteiger charge is 2.23. The summed E-state index contributed by atoms with van der Waals surface area (Å²) in [5.74, 6) is -0.0701. The van der Waals surface area contributed by atoms with E-state index >= 15 is 0 Å². The smallest absolute Gasteiger partial charge is 0.261 e. The minimum atomic E-state index is -3.70. The molecule has 0 radical (unpaired) electrons. The molecule has 0 saturated carbocycles. The summed E-state index contributed by atoms with van der Waals surface area (Å²) in [6.45, 7) is 3.81. The van der Waals surface area contributed by atoms with Gasteiger partial charge in [0.15, 0.2) is 0 Å². The maximum atomic E-state index is 12.9. The molecule has 4 rings (SSSR count). The topological polar surface area (TPSA) is 69.7 Å². The van der Waals surface area contributed by atoms with Crippen LogP contribution in [0.4, 0.5) is 5.69 Å². The number of sulfonamides is 1. The highest BCUT2D eigenvalue weighted by Crippen LogP contribution is 2.18. The molecule has 31 heavy (non-hydrogen) atoms. The van der Waals surface area contributed by atoms with Crippen LogP contribution in [0.2, 0.25) is 0 Å². The van der Waals surface area contributed by atoms with Crippen LogP contribution in [0, 0.1) is 0 Å². The van der Waals surface area contributed by atoms with E-state index in [1.807, 2.05) is 29.2 Å². The molecule has 7 heteroatoms. The number of rotatable bonds is 6. The minimum absolute atomic E-state index is 0.0701. The van der Waals surface area contributed by atoms with Crippen molar-refractivity contribution in [1.82, 2.24) is 9.80 Å². The molecule has 0 atom stereocenters. The fraction of sp³-hybridized carbons (Fsp3) is 0.208. The van der Waals surface area contributed by atoms with E-state index in [2.05, 4.69) is 21.8 Å². The van der Waals surface area contributed by atoms with Crippen molar-refractivity contribution in [2.75, 3.05) is 30.9 Å². The highest BCUT2D eigenvalue weighted by molar-refractivity contribution is 7.92.